The number of rotatable bonds is 21. The maximum Gasteiger partial charge on any atom is 0.305 e. The molecule has 0 radical (unpaired) electrons. The first kappa shape index (κ1) is 26.7. The molecule has 0 aliphatic heterocycles. The number of allylic oxidation sites excluding steroid dienone is 1. The quantitative estimate of drug-likeness (QED) is 0.120. The van der Waals surface area contributed by atoms with Crippen LogP contribution in [0.5, 0.6) is 0 Å². The van der Waals surface area contributed by atoms with Crippen LogP contribution in [0.2, 0.25) is 0 Å². The van der Waals surface area contributed by atoms with Gasteiger partial charge in [-0.15, -0.1) is 6.58 Å². The highest BCUT2D eigenvalue weighted by Crippen LogP contribution is 2.12. The lowest BCUT2D eigenvalue weighted by Gasteiger charge is -2.06. The van der Waals surface area contributed by atoms with Crippen LogP contribution in [0.4, 0.5) is 0 Å². The van der Waals surface area contributed by atoms with E-state index < -0.39 is 0 Å². The van der Waals surface area contributed by atoms with Crippen LogP contribution < -0.4 is 0 Å². The highest BCUT2D eigenvalue weighted by atomic mass is 16.5. The Hall–Kier alpha value is -1.32. The molecule has 0 amide bonds. The SMILES string of the molecule is C=CCCCOC(=O)CCCC(=O)OCCCCCCCCCCCCCC. The summed E-state index contributed by atoms with van der Waals surface area (Å²) in [6, 6.07) is 0. The third-order valence-corrected chi connectivity index (χ3v) is 4.84. The maximum atomic E-state index is 11.6. The Balaban J connectivity index is 3.26. The molecule has 0 atom stereocenters. The second kappa shape index (κ2) is 22.0. The van der Waals surface area contributed by atoms with E-state index >= 15 is 0 Å². The van der Waals surface area contributed by atoms with Crippen molar-refractivity contribution in [2.45, 2.75) is 116 Å². The Kier molecular flexibility index (Phi) is 20.9. The highest BCUT2D eigenvalue weighted by Gasteiger charge is 2.07. The smallest absolute Gasteiger partial charge is 0.305 e. The van der Waals surface area contributed by atoms with E-state index in [1.54, 1.807) is 6.08 Å². The summed E-state index contributed by atoms with van der Waals surface area (Å²) in [6.45, 7) is 6.81. The van der Waals surface area contributed by atoms with Crippen LogP contribution in [0, 0.1) is 0 Å². The van der Waals surface area contributed by atoms with Crippen molar-refractivity contribution < 1.29 is 19.1 Å². The Morgan fingerprint density at radius 1 is 0.643 bits per heavy atom. The summed E-state index contributed by atoms with van der Waals surface area (Å²) in [4.78, 5) is 23.1. The Bertz CT molecular complexity index is 379. The highest BCUT2D eigenvalue weighted by molar-refractivity contribution is 5.72. The number of hydrogen-bond donors (Lipinski definition) is 0. The van der Waals surface area contributed by atoms with Gasteiger partial charge in [-0.25, -0.2) is 0 Å². The van der Waals surface area contributed by atoms with Gasteiger partial charge < -0.3 is 9.47 Å². The second-order valence-electron chi connectivity index (χ2n) is 7.61. The summed E-state index contributed by atoms with van der Waals surface area (Å²) >= 11 is 0. The average Bonchev–Trinajstić information content (AvgIpc) is 2.69. The van der Waals surface area contributed by atoms with Gasteiger partial charge in [0.25, 0.3) is 0 Å². The van der Waals surface area contributed by atoms with E-state index in [0.717, 1.165) is 25.7 Å². The first-order valence-corrected chi connectivity index (χ1v) is 11.6. The van der Waals surface area contributed by atoms with Gasteiger partial charge in [-0.2, -0.15) is 0 Å². The molecule has 0 aromatic heterocycles. The number of unbranched alkanes of at least 4 members (excludes halogenated alkanes) is 12. The molecule has 4 nitrogen and oxygen atoms in total. The standard InChI is InChI=1S/C24H44O4/c1-3-5-7-8-9-10-11-12-13-14-15-17-22-28-24(26)20-18-19-23(25)27-21-16-6-4-2/h4H,2-3,5-22H2,1H3. The summed E-state index contributed by atoms with van der Waals surface area (Å²) < 4.78 is 10.3. The van der Waals surface area contributed by atoms with E-state index in [4.69, 9.17) is 9.47 Å². The van der Waals surface area contributed by atoms with Crippen LogP contribution in [-0.4, -0.2) is 25.2 Å². The molecule has 0 unspecified atom stereocenters. The van der Waals surface area contributed by atoms with Crippen molar-refractivity contribution >= 4 is 11.9 Å². The zero-order chi connectivity index (χ0) is 20.7. The number of ether oxygens (including phenoxy) is 2. The summed E-state index contributed by atoms with van der Waals surface area (Å²) in [5, 5.41) is 0. The topological polar surface area (TPSA) is 52.6 Å². The first-order chi connectivity index (χ1) is 13.7. The van der Waals surface area contributed by atoms with Gasteiger partial charge in [-0.05, 0) is 25.7 Å². The van der Waals surface area contributed by atoms with E-state index in [0.29, 0.717) is 26.1 Å². The van der Waals surface area contributed by atoms with Crippen molar-refractivity contribution in [1.29, 1.82) is 0 Å². The molecule has 0 N–H and O–H groups in total. The monoisotopic (exact) mass is 396 g/mol. The molecule has 0 aromatic rings. The minimum atomic E-state index is -0.238. The molecule has 0 saturated heterocycles. The third-order valence-electron chi connectivity index (χ3n) is 4.84. The van der Waals surface area contributed by atoms with Crippen molar-refractivity contribution in [1.82, 2.24) is 0 Å². The Labute approximate surface area is 173 Å². The lowest BCUT2D eigenvalue weighted by atomic mass is 10.1. The Morgan fingerprint density at radius 2 is 1.07 bits per heavy atom. The molecule has 0 saturated carbocycles. The van der Waals surface area contributed by atoms with Gasteiger partial charge in [0.1, 0.15) is 0 Å². The molecule has 0 rings (SSSR count). The second-order valence-corrected chi connectivity index (χ2v) is 7.61. The van der Waals surface area contributed by atoms with Crippen LogP contribution in [0.3, 0.4) is 0 Å². The minimum Gasteiger partial charge on any atom is -0.466 e. The largest absolute Gasteiger partial charge is 0.466 e. The maximum absolute atomic E-state index is 11.6. The normalized spacial score (nSPS) is 10.6. The third kappa shape index (κ3) is 21.0. The fourth-order valence-electron chi connectivity index (χ4n) is 3.06. The van der Waals surface area contributed by atoms with Gasteiger partial charge in [0.05, 0.1) is 13.2 Å². The molecule has 0 spiro atoms. The molecule has 164 valence electrons. The van der Waals surface area contributed by atoms with Gasteiger partial charge in [0.2, 0.25) is 0 Å². The minimum absolute atomic E-state index is 0.206. The van der Waals surface area contributed by atoms with Crippen LogP contribution in [0.1, 0.15) is 116 Å². The first-order valence-electron chi connectivity index (χ1n) is 11.6. The van der Waals surface area contributed by atoms with Crippen LogP contribution in [0.25, 0.3) is 0 Å². The predicted molar refractivity (Wildman–Crippen MR) is 116 cm³/mol. The van der Waals surface area contributed by atoms with E-state index in [1.807, 2.05) is 0 Å². The summed E-state index contributed by atoms with van der Waals surface area (Å²) in [5.74, 6) is -0.444. The van der Waals surface area contributed by atoms with Crippen LogP contribution in [-0.2, 0) is 19.1 Å². The van der Waals surface area contributed by atoms with Gasteiger partial charge in [0.15, 0.2) is 0 Å². The molecule has 0 aliphatic rings. The van der Waals surface area contributed by atoms with Crippen molar-refractivity contribution in [3.63, 3.8) is 0 Å². The molecule has 0 heterocycles. The summed E-state index contributed by atoms with van der Waals surface area (Å²) in [7, 11) is 0. The number of carbonyl (C=O) groups is 2. The number of hydrogen-bond acceptors (Lipinski definition) is 4. The molecule has 0 bridgehead atoms. The van der Waals surface area contributed by atoms with Crippen molar-refractivity contribution in [2.24, 2.45) is 0 Å². The molecule has 0 aliphatic carbocycles. The van der Waals surface area contributed by atoms with Crippen molar-refractivity contribution in [3.8, 4) is 0 Å². The fourth-order valence-corrected chi connectivity index (χ4v) is 3.06. The average molecular weight is 397 g/mol. The zero-order valence-corrected chi connectivity index (χ0v) is 18.4. The molecule has 0 fully saturated rings. The lowest BCUT2D eigenvalue weighted by Crippen LogP contribution is -2.09. The van der Waals surface area contributed by atoms with Gasteiger partial charge in [-0.1, -0.05) is 83.6 Å². The summed E-state index contributed by atoms with van der Waals surface area (Å²) in [6.07, 6.45) is 20.1. The lowest BCUT2D eigenvalue weighted by molar-refractivity contribution is -0.145. The van der Waals surface area contributed by atoms with Gasteiger partial charge in [-0.3, -0.25) is 9.59 Å². The molecule has 0 aromatic carbocycles. The Morgan fingerprint density at radius 3 is 1.54 bits per heavy atom. The summed E-state index contributed by atoms with van der Waals surface area (Å²) in [5.41, 5.74) is 0. The van der Waals surface area contributed by atoms with E-state index in [1.165, 1.54) is 64.2 Å². The van der Waals surface area contributed by atoms with Gasteiger partial charge >= 0.3 is 11.9 Å². The molecule has 4 heteroatoms. The van der Waals surface area contributed by atoms with E-state index in [2.05, 4.69) is 13.5 Å². The van der Waals surface area contributed by atoms with Crippen molar-refractivity contribution in [3.05, 3.63) is 12.7 Å². The molecule has 28 heavy (non-hydrogen) atoms. The van der Waals surface area contributed by atoms with E-state index in [-0.39, 0.29) is 18.4 Å². The molecular weight excluding hydrogens is 352 g/mol. The van der Waals surface area contributed by atoms with Crippen LogP contribution >= 0.6 is 0 Å². The van der Waals surface area contributed by atoms with E-state index in [9.17, 15) is 9.59 Å². The predicted octanol–water partition coefficient (Wildman–Crippen LogP) is 6.91. The molecular formula is C24H44O4. The zero-order valence-electron chi connectivity index (χ0n) is 18.4. The fraction of sp³-hybridized carbons (Fsp3) is 0.833. The number of carbonyl (C=O) groups excluding carboxylic acids is 2. The number of esters is 2. The van der Waals surface area contributed by atoms with Gasteiger partial charge in [0, 0.05) is 12.8 Å². The van der Waals surface area contributed by atoms with Crippen LogP contribution in [0.15, 0.2) is 12.7 Å². The van der Waals surface area contributed by atoms with Crippen molar-refractivity contribution in [2.75, 3.05) is 13.2 Å².